The van der Waals surface area contributed by atoms with Crippen LogP contribution in [-0.2, 0) is 0 Å². The maximum atomic E-state index is 5.61. The summed E-state index contributed by atoms with van der Waals surface area (Å²) in [6.45, 7) is 0. The van der Waals surface area contributed by atoms with Crippen LogP contribution in [0.5, 0.6) is 0 Å². The Labute approximate surface area is 73.7 Å². The number of aromatic nitrogens is 4. The molecule has 0 saturated heterocycles. The van der Waals surface area contributed by atoms with Crippen molar-refractivity contribution in [3.05, 3.63) is 29.9 Å². The van der Waals surface area contributed by atoms with Crippen molar-refractivity contribution in [1.82, 2.24) is 19.9 Å². The summed E-state index contributed by atoms with van der Waals surface area (Å²) in [7, 11) is 0. The van der Waals surface area contributed by atoms with Crippen LogP contribution in [0.15, 0.2) is 18.5 Å². The fourth-order valence-corrected chi connectivity index (χ4v) is 0.963. The van der Waals surface area contributed by atoms with Gasteiger partial charge in [-0.15, -0.1) is 0 Å². The quantitative estimate of drug-likeness (QED) is 0.719. The van der Waals surface area contributed by atoms with Gasteiger partial charge < -0.3 is 4.98 Å². The van der Waals surface area contributed by atoms with Crippen LogP contribution in [0.2, 0.25) is 5.15 Å². The van der Waals surface area contributed by atoms with Gasteiger partial charge in [-0.3, -0.25) is 0 Å². The van der Waals surface area contributed by atoms with Crippen molar-refractivity contribution in [3.8, 4) is 11.5 Å². The first-order chi connectivity index (χ1) is 5.86. The van der Waals surface area contributed by atoms with Crippen LogP contribution in [0.1, 0.15) is 0 Å². The molecule has 2 heterocycles. The number of aromatic amines is 1. The maximum Gasteiger partial charge on any atom is 0.198 e. The topological polar surface area (TPSA) is 54.5 Å². The van der Waals surface area contributed by atoms with Gasteiger partial charge in [0.25, 0.3) is 0 Å². The molecule has 0 amide bonds. The molecule has 0 bridgehead atoms. The van der Waals surface area contributed by atoms with Gasteiger partial charge in [-0.05, 0) is 6.07 Å². The Morgan fingerprint density at radius 2 is 2.42 bits per heavy atom. The summed E-state index contributed by atoms with van der Waals surface area (Å²) in [4.78, 5) is 14.4. The van der Waals surface area contributed by atoms with E-state index in [1.165, 1.54) is 0 Å². The molecule has 0 aromatic carbocycles. The number of halogens is 1. The summed E-state index contributed by atoms with van der Waals surface area (Å²) >= 11 is 5.61. The van der Waals surface area contributed by atoms with Crippen molar-refractivity contribution < 1.29 is 0 Å². The molecule has 59 valence electrons. The van der Waals surface area contributed by atoms with E-state index in [-0.39, 0.29) is 0 Å². The van der Waals surface area contributed by atoms with Gasteiger partial charge in [0.2, 0.25) is 0 Å². The summed E-state index contributed by atoms with van der Waals surface area (Å²) < 4.78 is 0. The Morgan fingerprint density at radius 1 is 1.50 bits per heavy atom. The summed E-state index contributed by atoms with van der Waals surface area (Å²) in [5, 5.41) is 0.420. The minimum absolute atomic E-state index is 0.420. The Balaban J connectivity index is 2.45. The SMILES string of the molecule is Clc1c[nH]c(-c2ccn[c]n2)n1. The van der Waals surface area contributed by atoms with Gasteiger partial charge in [-0.25, -0.2) is 15.0 Å². The van der Waals surface area contributed by atoms with Gasteiger partial charge in [0.1, 0.15) is 10.8 Å². The Hall–Kier alpha value is -1.42. The minimum atomic E-state index is 0.420. The number of hydrogen-bond donors (Lipinski definition) is 1. The number of H-pyrrole nitrogens is 1. The third-order valence-corrected chi connectivity index (χ3v) is 1.52. The van der Waals surface area contributed by atoms with Crippen molar-refractivity contribution in [1.29, 1.82) is 0 Å². The lowest BCUT2D eigenvalue weighted by molar-refractivity contribution is 1.12. The van der Waals surface area contributed by atoms with E-state index in [4.69, 9.17) is 11.6 Å². The largest absolute Gasteiger partial charge is 0.342 e. The van der Waals surface area contributed by atoms with Crippen LogP contribution >= 0.6 is 11.6 Å². The van der Waals surface area contributed by atoms with Gasteiger partial charge in [0, 0.05) is 12.4 Å². The van der Waals surface area contributed by atoms with Gasteiger partial charge in [-0.1, -0.05) is 11.6 Å². The molecule has 1 N–H and O–H groups in total. The van der Waals surface area contributed by atoms with Gasteiger partial charge in [0.05, 0.1) is 0 Å². The van der Waals surface area contributed by atoms with Crippen molar-refractivity contribution in [2.24, 2.45) is 0 Å². The van der Waals surface area contributed by atoms with Gasteiger partial charge >= 0.3 is 0 Å². The summed E-state index contributed by atoms with van der Waals surface area (Å²) in [6, 6.07) is 1.73. The Morgan fingerprint density at radius 3 is 3.00 bits per heavy atom. The maximum absolute atomic E-state index is 5.61. The molecule has 2 aromatic rings. The third-order valence-electron chi connectivity index (χ3n) is 1.32. The van der Waals surface area contributed by atoms with Crippen LogP contribution in [0.3, 0.4) is 0 Å². The van der Waals surface area contributed by atoms with E-state index in [9.17, 15) is 0 Å². The van der Waals surface area contributed by atoms with E-state index in [0.717, 1.165) is 0 Å². The molecule has 5 heteroatoms. The number of nitrogens with zero attached hydrogens (tertiary/aromatic N) is 3. The van der Waals surface area contributed by atoms with E-state index in [1.54, 1.807) is 18.5 Å². The first-order valence-corrected chi connectivity index (χ1v) is 3.64. The van der Waals surface area contributed by atoms with Gasteiger partial charge in [-0.2, -0.15) is 0 Å². The molecule has 12 heavy (non-hydrogen) atoms. The van der Waals surface area contributed by atoms with Crippen molar-refractivity contribution >= 4 is 11.6 Å². The second-order valence-electron chi connectivity index (χ2n) is 2.11. The molecule has 0 saturated carbocycles. The van der Waals surface area contributed by atoms with Crippen molar-refractivity contribution in [2.45, 2.75) is 0 Å². The zero-order valence-corrected chi connectivity index (χ0v) is 6.71. The monoisotopic (exact) mass is 179 g/mol. The zero-order chi connectivity index (χ0) is 8.39. The molecule has 2 rings (SSSR count). The summed E-state index contributed by atoms with van der Waals surface area (Å²) in [5.41, 5.74) is 0.678. The van der Waals surface area contributed by atoms with E-state index in [1.807, 2.05) is 0 Å². The lowest BCUT2D eigenvalue weighted by Gasteiger charge is -1.90. The van der Waals surface area contributed by atoms with E-state index < -0.39 is 0 Å². The predicted molar refractivity (Wildman–Crippen MR) is 43.5 cm³/mol. The van der Waals surface area contributed by atoms with E-state index in [0.29, 0.717) is 16.7 Å². The van der Waals surface area contributed by atoms with Crippen LogP contribution in [-0.4, -0.2) is 19.9 Å². The number of imidazole rings is 1. The summed E-state index contributed by atoms with van der Waals surface area (Å²) in [6.07, 6.45) is 5.66. The van der Waals surface area contributed by atoms with Crippen LogP contribution in [0, 0.1) is 6.33 Å². The number of rotatable bonds is 1. The highest BCUT2D eigenvalue weighted by Crippen LogP contribution is 2.13. The lowest BCUT2D eigenvalue weighted by atomic mass is 10.4. The molecular weight excluding hydrogens is 176 g/mol. The lowest BCUT2D eigenvalue weighted by Crippen LogP contribution is -1.85. The molecule has 1 radical (unpaired) electrons. The highest BCUT2D eigenvalue weighted by Gasteiger charge is 2.01. The smallest absolute Gasteiger partial charge is 0.198 e. The molecule has 0 aliphatic rings. The first-order valence-electron chi connectivity index (χ1n) is 3.26. The highest BCUT2D eigenvalue weighted by atomic mass is 35.5. The van der Waals surface area contributed by atoms with Crippen LogP contribution in [0.4, 0.5) is 0 Å². The highest BCUT2D eigenvalue weighted by molar-refractivity contribution is 6.29. The molecule has 0 spiro atoms. The average Bonchev–Trinajstić information content (AvgIpc) is 2.54. The standard InChI is InChI=1S/C7H4ClN4/c8-6-3-10-7(12-6)5-1-2-9-4-11-5/h1-3H,(H,10,12). The molecule has 0 aliphatic heterocycles. The fourth-order valence-electron chi connectivity index (χ4n) is 0.824. The summed E-state index contributed by atoms with van der Waals surface area (Å²) in [5.74, 6) is 0.624. The van der Waals surface area contributed by atoms with E-state index in [2.05, 4.69) is 26.3 Å². The molecule has 0 aliphatic carbocycles. The zero-order valence-electron chi connectivity index (χ0n) is 5.95. The fraction of sp³-hybridized carbons (Fsp3) is 0. The normalized spacial score (nSPS) is 10.1. The molecule has 2 aromatic heterocycles. The predicted octanol–water partition coefficient (Wildman–Crippen LogP) is 1.32. The Bertz CT molecular complexity index is 370. The molecule has 0 atom stereocenters. The minimum Gasteiger partial charge on any atom is -0.342 e. The van der Waals surface area contributed by atoms with Gasteiger partial charge in [0.15, 0.2) is 12.2 Å². The van der Waals surface area contributed by atoms with Crippen LogP contribution < -0.4 is 0 Å². The second-order valence-corrected chi connectivity index (χ2v) is 2.50. The first kappa shape index (κ1) is 7.24. The van der Waals surface area contributed by atoms with E-state index >= 15 is 0 Å². The number of hydrogen-bond acceptors (Lipinski definition) is 3. The Kier molecular flexibility index (Phi) is 1.75. The van der Waals surface area contributed by atoms with Crippen molar-refractivity contribution in [3.63, 3.8) is 0 Å². The average molecular weight is 180 g/mol. The third kappa shape index (κ3) is 1.29. The molecule has 0 fully saturated rings. The second kappa shape index (κ2) is 2.91. The van der Waals surface area contributed by atoms with Crippen LogP contribution in [0.25, 0.3) is 11.5 Å². The molecular formula is C7H4ClN4. The number of nitrogens with one attached hydrogen (secondary N) is 1. The van der Waals surface area contributed by atoms with Crippen molar-refractivity contribution in [2.75, 3.05) is 0 Å². The molecule has 4 nitrogen and oxygen atoms in total. The molecule has 0 unspecified atom stereocenters.